The first kappa shape index (κ1) is 10.9. The Labute approximate surface area is 109 Å². The molecule has 2 nitrogen and oxygen atoms in total. The molecular formula is C13H9Cl2NO. The molecule has 0 bridgehead atoms. The lowest BCUT2D eigenvalue weighted by molar-refractivity contribution is 0.0986. The van der Waals surface area contributed by atoms with Gasteiger partial charge in [0.25, 0.3) is 0 Å². The summed E-state index contributed by atoms with van der Waals surface area (Å²) in [6.45, 7) is 0.643. The number of fused-ring (bicyclic) bond motifs is 2. The third kappa shape index (κ3) is 1.88. The van der Waals surface area contributed by atoms with Crippen LogP contribution in [0.1, 0.15) is 21.6 Å². The molecule has 1 aromatic carbocycles. The van der Waals surface area contributed by atoms with Crippen LogP contribution in [0.25, 0.3) is 0 Å². The van der Waals surface area contributed by atoms with Gasteiger partial charge in [-0.2, -0.15) is 0 Å². The smallest absolute Gasteiger partial charge is 0.183 e. The molecular weight excluding hydrogens is 257 g/mol. The Morgan fingerprint density at radius 2 is 1.88 bits per heavy atom. The van der Waals surface area contributed by atoms with E-state index in [0.29, 0.717) is 28.7 Å². The minimum Gasteiger partial charge on any atom is -0.339 e. The van der Waals surface area contributed by atoms with E-state index in [1.807, 2.05) is 22.8 Å². The van der Waals surface area contributed by atoms with Crippen molar-refractivity contribution in [2.24, 2.45) is 0 Å². The van der Waals surface area contributed by atoms with Gasteiger partial charge in [-0.3, -0.25) is 4.79 Å². The van der Waals surface area contributed by atoms with Crippen LogP contribution >= 0.6 is 23.2 Å². The van der Waals surface area contributed by atoms with Gasteiger partial charge in [-0.05, 0) is 29.3 Å². The summed E-state index contributed by atoms with van der Waals surface area (Å²) < 4.78 is 1.88. The SMILES string of the molecule is O=C1Cc2ccc(Cl)cc2Cn2cc(Cl)cc21. The maximum atomic E-state index is 12.1. The molecule has 3 rings (SSSR count). The van der Waals surface area contributed by atoms with Gasteiger partial charge in [-0.25, -0.2) is 0 Å². The molecule has 0 spiro atoms. The molecule has 2 heterocycles. The van der Waals surface area contributed by atoms with Crippen LogP contribution in [0.5, 0.6) is 0 Å². The Morgan fingerprint density at radius 3 is 2.71 bits per heavy atom. The van der Waals surface area contributed by atoms with Crippen molar-refractivity contribution < 1.29 is 4.79 Å². The van der Waals surface area contributed by atoms with Gasteiger partial charge in [-0.1, -0.05) is 29.3 Å². The zero-order chi connectivity index (χ0) is 12.0. The number of hydrogen-bond donors (Lipinski definition) is 0. The van der Waals surface area contributed by atoms with E-state index in [9.17, 15) is 4.79 Å². The minimum atomic E-state index is 0.0953. The highest BCUT2D eigenvalue weighted by atomic mass is 35.5. The second-order valence-corrected chi connectivity index (χ2v) is 5.06. The molecule has 4 heteroatoms. The average Bonchev–Trinajstić information content (AvgIpc) is 2.58. The van der Waals surface area contributed by atoms with Gasteiger partial charge in [-0.15, -0.1) is 0 Å². The first-order chi connectivity index (χ1) is 8.13. The number of hydrogen-bond acceptors (Lipinski definition) is 1. The number of Topliss-reactive ketones (excluding diaryl/α,β-unsaturated/α-hetero) is 1. The van der Waals surface area contributed by atoms with Crippen LogP contribution in [-0.4, -0.2) is 10.4 Å². The summed E-state index contributed by atoms with van der Waals surface area (Å²) in [4.78, 5) is 12.1. The number of ketones is 1. The number of carbonyl (C=O) groups is 1. The highest BCUT2D eigenvalue weighted by Crippen LogP contribution is 2.25. The second-order valence-electron chi connectivity index (χ2n) is 4.18. The van der Waals surface area contributed by atoms with Crippen LogP contribution in [0.4, 0.5) is 0 Å². The van der Waals surface area contributed by atoms with Crippen LogP contribution in [0, 0.1) is 0 Å². The number of benzene rings is 1. The molecule has 86 valence electrons. The number of carbonyl (C=O) groups excluding carboxylic acids is 1. The lowest BCUT2D eigenvalue weighted by Gasteiger charge is -2.06. The molecule has 0 radical (unpaired) electrons. The maximum absolute atomic E-state index is 12.1. The van der Waals surface area contributed by atoms with E-state index in [0.717, 1.165) is 11.1 Å². The number of halogens is 2. The van der Waals surface area contributed by atoms with Crippen LogP contribution in [-0.2, 0) is 13.0 Å². The van der Waals surface area contributed by atoms with Crippen LogP contribution in [0.3, 0.4) is 0 Å². The van der Waals surface area contributed by atoms with Gasteiger partial charge >= 0.3 is 0 Å². The molecule has 0 amide bonds. The van der Waals surface area contributed by atoms with E-state index in [1.54, 1.807) is 12.3 Å². The largest absolute Gasteiger partial charge is 0.339 e. The fraction of sp³-hybridized carbons (Fsp3) is 0.154. The summed E-state index contributed by atoms with van der Waals surface area (Å²) >= 11 is 11.9. The zero-order valence-corrected chi connectivity index (χ0v) is 10.4. The van der Waals surface area contributed by atoms with Crippen LogP contribution in [0.2, 0.25) is 10.0 Å². The van der Waals surface area contributed by atoms with Crippen molar-refractivity contribution in [1.29, 1.82) is 0 Å². The van der Waals surface area contributed by atoms with Crippen molar-refractivity contribution in [2.45, 2.75) is 13.0 Å². The van der Waals surface area contributed by atoms with Gasteiger partial charge in [0, 0.05) is 24.2 Å². The molecule has 0 N–H and O–H groups in total. The summed E-state index contributed by atoms with van der Waals surface area (Å²) in [5.41, 5.74) is 2.79. The van der Waals surface area contributed by atoms with Gasteiger partial charge in [0.1, 0.15) is 0 Å². The first-order valence-corrected chi connectivity index (χ1v) is 6.05. The maximum Gasteiger partial charge on any atom is 0.183 e. The molecule has 0 saturated carbocycles. The van der Waals surface area contributed by atoms with Crippen molar-refractivity contribution in [2.75, 3.05) is 0 Å². The van der Waals surface area contributed by atoms with Crippen molar-refractivity contribution in [1.82, 2.24) is 4.57 Å². The number of aromatic nitrogens is 1. The summed E-state index contributed by atoms with van der Waals surface area (Å²) in [6, 6.07) is 7.37. The van der Waals surface area contributed by atoms with E-state index in [4.69, 9.17) is 23.2 Å². The third-order valence-electron chi connectivity index (χ3n) is 3.01. The van der Waals surface area contributed by atoms with E-state index < -0.39 is 0 Å². The predicted molar refractivity (Wildman–Crippen MR) is 68.0 cm³/mol. The summed E-state index contributed by atoms with van der Waals surface area (Å²) in [5, 5.41) is 1.29. The first-order valence-electron chi connectivity index (χ1n) is 5.29. The van der Waals surface area contributed by atoms with Crippen molar-refractivity contribution in [3.63, 3.8) is 0 Å². The normalized spacial score (nSPS) is 14.1. The lowest BCUT2D eigenvalue weighted by atomic mass is 10.0. The van der Waals surface area contributed by atoms with Crippen molar-refractivity contribution in [3.8, 4) is 0 Å². The van der Waals surface area contributed by atoms with Crippen LogP contribution < -0.4 is 0 Å². The number of rotatable bonds is 0. The monoisotopic (exact) mass is 265 g/mol. The third-order valence-corrected chi connectivity index (χ3v) is 3.45. The van der Waals surface area contributed by atoms with E-state index in [-0.39, 0.29) is 5.78 Å². The number of nitrogens with zero attached hydrogens (tertiary/aromatic N) is 1. The Hall–Kier alpha value is -1.25. The quantitative estimate of drug-likeness (QED) is 0.714. The minimum absolute atomic E-state index is 0.0953. The Kier molecular flexibility index (Phi) is 2.49. The van der Waals surface area contributed by atoms with E-state index in [2.05, 4.69) is 0 Å². The fourth-order valence-corrected chi connectivity index (χ4v) is 2.62. The predicted octanol–water partition coefficient (Wildman–Crippen LogP) is 3.58. The van der Waals surface area contributed by atoms with Gasteiger partial charge in [0.05, 0.1) is 10.7 Å². The molecule has 0 unspecified atom stereocenters. The van der Waals surface area contributed by atoms with Crippen molar-refractivity contribution >= 4 is 29.0 Å². The highest BCUT2D eigenvalue weighted by molar-refractivity contribution is 6.31. The lowest BCUT2D eigenvalue weighted by Crippen LogP contribution is -2.05. The molecule has 2 aromatic rings. The van der Waals surface area contributed by atoms with Gasteiger partial charge in [0.15, 0.2) is 5.78 Å². The van der Waals surface area contributed by atoms with Gasteiger partial charge < -0.3 is 4.57 Å². The Bertz CT molecular complexity index is 616. The van der Waals surface area contributed by atoms with E-state index >= 15 is 0 Å². The Balaban J connectivity index is 2.16. The summed E-state index contributed by atoms with van der Waals surface area (Å²) in [7, 11) is 0. The summed E-state index contributed by atoms with van der Waals surface area (Å²) in [6.07, 6.45) is 2.19. The molecule has 1 aliphatic rings. The molecule has 17 heavy (non-hydrogen) atoms. The topological polar surface area (TPSA) is 22.0 Å². The Morgan fingerprint density at radius 1 is 1.06 bits per heavy atom. The zero-order valence-electron chi connectivity index (χ0n) is 8.91. The summed E-state index contributed by atoms with van der Waals surface area (Å²) in [5.74, 6) is 0.0953. The molecule has 0 atom stereocenters. The standard InChI is InChI=1S/C13H9Cl2NO/c14-10-2-1-8-4-13(17)12-5-11(15)7-16(12)6-9(8)3-10/h1-3,5,7H,4,6H2. The molecule has 1 aromatic heterocycles. The van der Waals surface area contributed by atoms with Gasteiger partial charge in [0.2, 0.25) is 0 Å². The van der Waals surface area contributed by atoms with Crippen LogP contribution in [0.15, 0.2) is 30.5 Å². The molecule has 1 aliphatic heterocycles. The van der Waals surface area contributed by atoms with E-state index in [1.165, 1.54) is 0 Å². The second kappa shape index (κ2) is 3.90. The molecule has 0 fully saturated rings. The molecule has 0 saturated heterocycles. The fourth-order valence-electron chi connectivity index (χ4n) is 2.20. The molecule has 0 aliphatic carbocycles. The average molecular weight is 266 g/mol. The highest BCUT2D eigenvalue weighted by Gasteiger charge is 2.20. The van der Waals surface area contributed by atoms with Crippen molar-refractivity contribution in [3.05, 3.63) is 57.3 Å².